The third-order valence-electron chi connectivity index (χ3n) is 3.79. The van der Waals surface area contributed by atoms with E-state index in [9.17, 15) is 18.0 Å². The van der Waals surface area contributed by atoms with Crippen LogP contribution in [-0.2, 0) is 19.4 Å². The first kappa shape index (κ1) is 19.0. The van der Waals surface area contributed by atoms with E-state index in [1.165, 1.54) is 23.1 Å². The molecule has 132 valence electrons. The Morgan fingerprint density at radius 2 is 2.04 bits per heavy atom. The molecule has 2 rings (SSSR count). The first-order valence-electron chi connectivity index (χ1n) is 7.35. The van der Waals surface area contributed by atoms with Crippen LogP contribution in [0.25, 0.3) is 0 Å². The van der Waals surface area contributed by atoms with E-state index >= 15 is 0 Å². The van der Waals surface area contributed by atoms with Crippen LogP contribution >= 0.6 is 23.2 Å². The molecule has 0 aromatic heterocycles. The van der Waals surface area contributed by atoms with Crippen LogP contribution in [0.3, 0.4) is 0 Å². The van der Waals surface area contributed by atoms with Gasteiger partial charge in [0.15, 0.2) is 16.4 Å². The predicted molar refractivity (Wildman–Crippen MR) is 91.2 cm³/mol. The second-order valence-electron chi connectivity index (χ2n) is 5.44. The van der Waals surface area contributed by atoms with Crippen LogP contribution in [0.1, 0.15) is 23.7 Å². The number of hydrogen-bond acceptors (Lipinski definition) is 5. The Balaban J connectivity index is 1.98. The maximum absolute atomic E-state index is 12.3. The molecule has 24 heavy (non-hydrogen) atoms. The van der Waals surface area contributed by atoms with Gasteiger partial charge in [0.2, 0.25) is 0 Å². The van der Waals surface area contributed by atoms with E-state index < -0.39 is 28.3 Å². The van der Waals surface area contributed by atoms with Crippen molar-refractivity contribution in [3.8, 4) is 0 Å². The Labute approximate surface area is 150 Å². The molecule has 0 unspecified atom stereocenters. The Hall–Kier alpha value is -1.31. The number of amides is 1. The van der Waals surface area contributed by atoms with Gasteiger partial charge in [0.25, 0.3) is 5.91 Å². The second-order valence-corrected chi connectivity index (χ2v) is 8.51. The SMILES string of the molecule is CCN(C(=O)COC(=O)c1cc(Cl)ccc1Cl)[C@@H]1CCS(=O)(=O)C1. The Morgan fingerprint density at radius 1 is 1.33 bits per heavy atom. The molecule has 0 N–H and O–H groups in total. The molecule has 1 aromatic rings. The van der Waals surface area contributed by atoms with Gasteiger partial charge in [-0.15, -0.1) is 0 Å². The number of benzene rings is 1. The molecule has 0 saturated carbocycles. The highest BCUT2D eigenvalue weighted by Crippen LogP contribution is 2.22. The van der Waals surface area contributed by atoms with Gasteiger partial charge >= 0.3 is 5.97 Å². The third kappa shape index (κ3) is 4.62. The summed E-state index contributed by atoms with van der Waals surface area (Å²) >= 11 is 11.7. The van der Waals surface area contributed by atoms with Crippen LogP contribution < -0.4 is 0 Å². The van der Waals surface area contributed by atoms with Crippen molar-refractivity contribution in [1.29, 1.82) is 0 Å². The first-order chi connectivity index (χ1) is 11.2. The van der Waals surface area contributed by atoms with Crippen LogP contribution in [-0.4, -0.2) is 55.9 Å². The first-order valence-corrected chi connectivity index (χ1v) is 9.93. The second kappa shape index (κ2) is 7.72. The monoisotopic (exact) mass is 393 g/mol. The molecule has 9 heteroatoms. The number of esters is 1. The lowest BCUT2D eigenvalue weighted by atomic mass is 10.2. The lowest BCUT2D eigenvalue weighted by molar-refractivity contribution is -0.136. The normalized spacial score (nSPS) is 19.0. The smallest absolute Gasteiger partial charge is 0.340 e. The Kier molecular flexibility index (Phi) is 6.11. The van der Waals surface area contributed by atoms with Crippen LogP contribution in [0, 0.1) is 0 Å². The van der Waals surface area contributed by atoms with Gasteiger partial charge < -0.3 is 9.64 Å². The van der Waals surface area contributed by atoms with E-state index in [1.807, 2.05) is 0 Å². The van der Waals surface area contributed by atoms with E-state index in [1.54, 1.807) is 6.92 Å². The van der Waals surface area contributed by atoms with Gasteiger partial charge in [0, 0.05) is 17.6 Å². The highest BCUT2D eigenvalue weighted by atomic mass is 35.5. The number of halogens is 2. The minimum atomic E-state index is -3.10. The summed E-state index contributed by atoms with van der Waals surface area (Å²) in [5.41, 5.74) is 0.0726. The van der Waals surface area contributed by atoms with Gasteiger partial charge in [-0.3, -0.25) is 4.79 Å². The highest BCUT2D eigenvalue weighted by Gasteiger charge is 2.34. The van der Waals surface area contributed by atoms with Crippen molar-refractivity contribution in [3.05, 3.63) is 33.8 Å². The molecule has 0 bridgehead atoms. The van der Waals surface area contributed by atoms with Crippen molar-refractivity contribution in [1.82, 2.24) is 4.90 Å². The zero-order valence-corrected chi connectivity index (χ0v) is 15.3. The topological polar surface area (TPSA) is 80.8 Å². The summed E-state index contributed by atoms with van der Waals surface area (Å²) < 4.78 is 28.1. The van der Waals surface area contributed by atoms with Crippen LogP contribution in [0.15, 0.2) is 18.2 Å². The van der Waals surface area contributed by atoms with E-state index in [-0.39, 0.29) is 28.1 Å². The lowest BCUT2D eigenvalue weighted by Gasteiger charge is -2.26. The fourth-order valence-corrected chi connectivity index (χ4v) is 4.70. The van der Waals surface area contributed by atoms with Crippen molar-refractivity contribution >= 4 is 44.9 Å². The highest BCUT2D eigenvalue weighted by molar-refractivity contribution is 7.91. The number of hydrogen-bond donors (Lipinski definition) is 0. The van der Waals surface area contributed by atoms with E-state index in [2.05, 4.69) is 0 Å². The molecule has 0 radical (unpaired) electrons. The van der Waals surface area contributed by atoms with E-state index in [0.717, 1.165) is 0 Å². The average Bonchev–Trinajstić information content (AvgIpc) is 2.87. The molecule has 6 nitrogen and oxygen atoms in total. The summed E-state index contributed by atoms with van der Waals surface area (Å²) in [7, 11) is -3.10. The zero-order chi connectivity index (χ0) is 17.9. The van der Waals surface area contributed by atoms with Crippen LogP contribution in [0.5, 0.6) is 0 Å². The molecule has 1 heterocycles. The molecule has 1 aliphatic rings. The number of rotatable bonds is 5. The fraction of sp³-hybridized carbons (Fsp3) is 0.467. The number of likely N-dealkylation sites (N-methyl/N-ethyl adjacent to an activating group) is 1. The van der Waals surface area contributed by atoms with Gasteiger partial charge in [-0.05, 0) is 31.5 Å². The maximum atomic E-state index is 12.3. The van der Waals surface area contributed by atoms with Gasteiger partial charge in [-0.2, -0.15) is 0 Å². The molecule has 1 aromatic carbocycles. The summed E-state index contributed by atoms with van der Waals surface area (Å²) in [5.74, 6) is -1.18. The molecule has 1 amide bonds. The molecule has 0 spiro atoms. The largest absolute Gasteiger partial charge is 0.452 e. The molecule has 1 atom stereocenters. The Morgan fingerprint density at radius 3 is 2.62 bits per heavy atom. The minimum Gasteiger partial charge on any atom is -0.452 e. The number of ether oxygens (including phenoxy) is 1. The van der Waals surface area contributed by atoms with E-state index in [0.29, 0.717) is 18.0 Å². The summed E-state index contributed by atoms with van der Waals surface area (Å²) in [6, 6.07) is 3.98. The molecule has 1 aliphatic heterocycles. The van der Waals surface area contributed by atoms with Crippen molar-refractivity contribution < 1.29 is 22.7 Å². The van der Waals surface area contributed by atoms with Gasteiger partial charge in [0.05, 0.1) is 22.1 Å². The quantitative estimate of drug-likeness (QED) is 0.716. The maximum Gasteiger partial charge on any atom is 0.340 e. The standard InChI is InChI=1S/C15H17Cl2NO5S/c1-2-18(11-5-6-24(21,22)9-11)14(19)8-23-15(20)12-7-10(16)3-4-13(12)17/h3-4,7,11H,2,5-6,8-9H2,1H3/t11-/m1/s1. The number of carbonyl (C=O) groups is 2. The van der Waals surface area contributed by atoms with Crippen molar-refractivity contribution in [2.75, 3.05) is 24.7 Å². The zero-order valence-electron chi connectivity index (χ0n) is 13.0. The Bertz CT molecular complexity index is 750. The molecular weight excluding hydrogens is 377 g/mol. The number of nitrogens with zero attached hydrogens (tertiary/aromatic N) is 1. The van der Waals surface area contributed by atoms with Gasteiger partial charge in [0.1, 0.15) is 0 Å². The minimum absolute atomic E-state index is 0.0549. The van der Waals surface area contributed by atoms with Crippen LogP contribution in [0.2, 0.25) is 10.0 Å². The van der Waals surface area contributed by atoms with Crippen molar-refractivity contribution in [2.24, 2.45) is 0 Å². The van der Waals surface area contributed by atoms with Gasteiger partial charge in [-0.1, -0.05) is 23.2 Å². The number of carbonyl (C=O) groups excluding carboxylic acids is 2. The summed E-state index contributed by atoms with van der Waals surface area (Å²) in [5, 5.41) is 0.495. The van der Waals surface area contributed by atoms with E-state index in [4.69, 9.17) is 27.9 Å². The number of sulfone groups is 1. The molecule has 1 saturated heterocycles. The molecular formula is C15H17Cl2NO5S. The fourth-order valence-electron chi connectivity index (χ4n) is 2.60. The van der Waals surface area contributed by atoms with Crippen LogP contribution in [0.4, 0.5) is 0 Å². The predicted octanol–water partition coefficient (Wildman–Crippen LogP) is 2.19. The third-order valence-corrected chi connectivity index (χ3v) is 6.10. The lowest BCUT2D eigenvalue weighted by Crippen LogP contribution is -2.43. The van der Waals surface area contributed by atoms with Crippen molar-refractivity contribution in [3.63, 3.8) is 0 Å². The summed E-state index contributed by atoms with van der Waals surface area (Å²) in [4.78, 5) is 25.7. The van der Waals surface area contributed by atoms with Gasteiger partial charge in [-0.25, -0.2) is 13.2 Å². The van der Waals surface area contributed by atoms with Crippen molar-refractivity contribution in [2.45, 2.75) is 19.4 Å². The molecule has 1 fully saturated rings. The average molecular weight is 394 g/mol. The summed E-state index contributed by atoms with van der Waals surface area (Å²) in [6.45, 7) is 1.61. The molecule has 0 aliphatic carbocycles. The summed E-state index contributed by atoms with van der Waals surface area (Å²) in [6.07, 6.45) is 0.399.